The van der Waals surface area contributed by atoms with Gasteiger partial charge in [-0.25, -0.2) is 9.59 Å². The maximum absolute atomic E-state index is 11.5. The van der Waals surface area contributed by atoms with Gasteiger partial charge in [0, 0.05) is 5.57 Å². The molecule has 22 heavy (non-hydrogen) atoms. The molecule has 1 atom stereocenters. The monoisotopic (exact) mass is 317 g/mol. The summed E-state index contributed by atoms with van der Waals surface area (Å²) in [6.45, 7) is 6.63. The summed E-state index contributed by atoms with van der Waals surface area (Å²) in [5.41, 5.74) is -0.557. The second-order valence-electron chi connectivity index (χ2n) is 4.84. The van der Waals surface area contributed by atoms with Crippen molar-refractivity contribution in [2.45, 2.75) is 20.3 Å². The first-order valence-electron chi connectivity index (χ1n) is 6.80. The van der Waals surface area contributed by atoms with Crippen LogP contribution >= 0.6 is 0 Å². The molecule has 0 aliphatic rings. The molecule has 0 saturated heterocycles. The lowest BCUT2D eigenvalue weighted by Crippen LogP contribution is -2.38. The smallest absolute Gasteiger partial charge is 0.407 e. The van der Waals surface area contributed by atoms with Crippen molar-refractivity contribution in [3.8, 4) is 0 Å². The lowest BCUT2D eigenvalue weighted by Gasteiger charge is -2.28. The van der Waals surface area contributed by atoms with Crippen LogP contribution in [0.3, 0.4) is 0 Å². The van der Waals surface area contributed by atoms with Gasteiger partial charge in [-0.3, -0.25) is 4.79 Å². The third kappa shape index (κ3) is 7.63. The van der Waals surface area contributed by atoms with Gasteiger partial charge < -0.3 is 24.6 Å². The molecule has 0 aromatic rings. The highest BCUT2D eigenvalue weighted by atomic mass is 16.6. The molecular formula is C14H23NO7. The van der Waals surface area contributed by atoms with E-state index in [-0.39, 0.29) is 45.0 Å². The Bertz CT molecular complexity index is 391. The Morgan fingerprint density at radius 2 is 2.00 bits per heavy atom. The standard InChI is InChI=1S/C14H23NO7/c1-4-14(7-16,8-20-10-17)9-22-13(19)15-5-6-21-12(18)11(2)3/h10,16H,2,4-9H2,1,3H3,(H,15,19). The highest BCUT2D eigenvalue weighted by molar-refractivity contribution is 5.86. The Kier molecular flexibility index (Phi) is 9.60. The van der Waals surface area contributed by atoms with E-state index in [9.17, 15) is 19.5 Å². The molecule has 0 rings (SSSR count). The number of carbonyl (C=O) groups excluding carboxylic acids is 3. The molecule has 0 fully saturated rings. The Morgan fingerprint density at radius 1 is 1.32 bits per heavy atom. The van der Waals surface area contributed by atoms with Crippen molar-refractivity contribution >= 4 is 18.5 Å². The first-order chi connectivity index (χ1) is 10.4. The molecule has 1 unspecified atom stereocenters. The predicted octanol–water partition coefficient (Wildman–Crippen LogP) is 0.394. The van der Waals surface area contributed by atoms with Gasteiger partial charge in [0.2, 0.25) is 0 Å². The maximum Gasteiger partial charge on any atom is 0.407 e. The van der Waals surface area contributed by atoms with Gasteiger partial charge in [0.1, 0.15) is 19.8 Å². The molecule has 0 aromatic carbocycles. The molecule has 0 heterocycles. The summed E-state index contributed by atoms with van der Waals surface area (Å²) in [5, 5.41) is 11.8. The maximum atomic E-state index is 11.5. The quantitative estimate of drug-likeness (QED) is 0.186. The zero-order valence-electron chi connectivity index (χ0n) is 12.9. The number of rotatable bonds is 11. The summed E-state index contributed by atoms with van der Waals surface area (Å²) < 4.78 is 14.4. The third-order valence-corrected chi connectivity index (χ3v) is 3.01. The van der Waals surface area contributed by atoms with Gasteiger partial charge in [-0.2, -0.15) is 0 Å². The fourth-order valence-electron chi connectivity index (χ4n) is 1.35. The fraction of sp³-hybridized carbons (Fsp3) is 0.643. The van der Waals surface area contributed by atoms with Crippen molar-refractivity contribution in [3.63, 3.8) is 0 Å². The van der Waals surface area contributed by atoms with Crippen molar-refractivity contribution in [1.29, 1.82) is 0 Å². The highest BCUT2D eigenvalue weighted by Crippen LogP contribution is 2.22. The largest absolute Gasteiger partial charge is 0.467 e. The molecule has 0 aliphatic heterocycles. The molecule has 1 amide bonds. The molecule has 0 saturated carbocycles. The van der Waals surface area contributed by atoms with Crippen LogP contribution in [-0.2, 0) is 23.8 Å². The SMILES string of the molecule is C=C(C)C(=O)OCCNC(=O)OCC(CC)(CO)COC=O. The number of ether oxygens (including phenoxy) is 3. The van der Waals surface area contributed by atoms with Crippen molar-refractivity contribution in [1.82, 2.24) is 5.32 Å². The Hall–Kier alpha value is -2.09. The average molecular weight is 317 g/mol. The number of aliphatic hydroxyl groups is 1. The molecule has 8 nitrogen and oxygen atoms in total. The van der Waals surface area contributed by atoms with Crippen LogP contribution in [0.5, 0.6) is 0 Å². The van der Waals surface area contributed by atoms with Crippen molar-refractivity contribution in [2.75, 3.05) is 33.0 Å². The van der Waals surface area contributed by atoms with Gasteiger partial charge in [-0.05, 0) is 13.3 Å². The van der Waals surface area contributed by atoms with Crippen molar-refractivity contribution < 1.29 is 33.7 Å². The Morgan fingerprint density at radius 3 is 2.50 bits per heavy atom. The molecule has 0 radical (unpaired) electrons. The first kappa shape index (κ1) is 19.9. The Balaban J connectivity index is 4.06. The van der Waals surface area contributed by atoms with E-state index in [2.05, 4.69) is 16.6 Å². The van der Waals surface area contributed by atoms with Gasteiger partial charge in [0.05, 0.1) is 18.6 Å². The van der Waals surface area contributed by atoms with Crippen LogP contribution in [0.1, 0.15) is 20.3 Å². The number of hydrogen-bond acceptors (Lipinski definition) is 7. The molecule has 0 bridgehead atoms. The second kappa shape index (κ2) is 10.6. The van der Waals surface area contributed by atoms with E-state index in [4.69, 9.17) is 9.47 Å². The summed E-state index contributed by atoms with van der Waals surface area (Å²) in [7, 11) is 0. The van der Waals surface area contributed by atoms with Crippen LogP contribution < -0.4 is 5.32 Å². The topological polar surface area (TPSA) is 111 Å². The van der Waals surface area contributed by atoms with E-state index in [1.54, 1.807) is 6.92 Å². The number of nitrogens with one attached hydrogen (secondary N) is 1. The highest BCUT2D eigenvalue weighted by Gasteiger charge is 2.30. The number of alkyl carbamates (subject to hydrolysis) is 1. The van der Waals surface area contributed by atoms with E-state index in [1.807, 2.05) is 0 Å². The minimum atomic E-state index is -0.829. The van der Waals surface area contributed by atoms with Crippen molar-refractivity contribution in [3.05, 3.63) is 12.2 Å². The Labute approximate surface area is 129 Å². The summed E-state index contributed by atoms with van der Waals surface area (Å²) in [6.07, 6.45) is -0.260. The van der Waals surface area contributed by atoms with Crippen LogP contribution in [0.25, 0.3) is 0 Å². The molecule has 0 spiro atoms. The van der Waals surface area contributed by atoms with Crippen LogP contribution in [0, 0.1) is 5.41 Å². The number of esters is 1. The summed E-state index contributed by atoms with van der Waals surface area (Å²) in [5.74, 6) is -0.536. The predicted molar refractivity (Wildman–Crippen MR) is 76.9 cm³/mol. The van der Waals surface area contributed by atoms with Crippen LogP contribution in [0.4, 0.5) is 4.79 Å². The molecule has 0 aliphatic carbocycles. The van der Waals surface area contributed by atoms with Crippen LogP contribution in [0.2, 0.25) is 0 Å². The minimum Gasteiger partial charge on any atom is -0.467 e. The second-order valence-corrected chi connectivity index (χ2v) is 4.84. The molecule has 8 heteroatoms. The summed E-state index contributed by atoms with van der Waals surface area (Å²) >= 11 is 0. The zero-order valence-corrected chi connectivity index (χ0v) is 12.9. The van der Waals surface area contributed by atoms with Gasteiger partial charge in [-0.1, -0.05) is 13.5 Å². The third-order valence-electron chi connectivity index (χ3n) is 3.01. The van der Waals surface area contributed by atoms with E-state index < -0.39 is 17.5 Å². The zero-order chi connectivity index (χ0) is 17.0. The fourth-order valence-corrected chi connectivity index (χ4v) is 1.35. The van der Waals surface area contributed by atoms with Crippen molar-refractivity contribution in [2.24, 2.45) is 5.41 Å². The number of carbonyl (C=O) groups is 3. The van der Waals surface area contributed by atoms with Gasteiger partial charge in [0.25, 0.3) is 6.47 Å². The first-order valence-corrected chi connectivity index (χ1v) is 6.80. The van der Waals surface area contributed by atoms with E-state index in [0.29, 0.717) is 6.42 Å². The number of amides is 1. The normalized spacial score (nSPS) is 12.7. The van der Waals surface area contributed by atoms with Gasteiger partial charge in [0.15, 0.2) is 0 Å². The van der Waals surface area contributed by atoms with Gasteiger partial charge in [-0.15, -0.1) is 0 Å². The molecule has 2 N–H and O–H groups in total. The number of hydrogen-bond donors (Lipinski definition) is 2. The van der Waals surface area contributed by atoms with Gasteiger partial charge >= 0.3 is 12.1 Å². The molecule has 126 valence electrons. The van der Waals surface area contributed by atoms with E-state index >= 15 is 0 Å². The summed E-state index contributed by atoms with van der Waals surface area (Å²) in [4.78, 5) is 32.8. The number of aliphatic hydroxyl groups excluding tert-OH is 1. The van der Waals surface area contributed by atoms with E-state index in [1.165, 1.54) is 6.92 Å². The molecule has 0 aromatic heterocycles. The van der Waals surface area contributed by atoms with E-state index in [0.717, 1.165) is 0 Å². The molecular weight excluding hydrogens is 294 g/mol. The lowest BCUT2D eigenvalue weighted by molar-refractivity contribution is -0.139. The average Bonchev–Trinajstić information content (AvgIpc) is 2.52. The van der Waals surface area contributed by atoms with Crippen LogP contribution in [0.15, 0.2) is 12.2 Å². The minimum absolute atomic E-state index is 0.00599. The van der Waals surface area contributed by atoms with Crippen LogP contribution in [-0.4, -0.2) is 56.6 Å². The lowest BCUT2D eigenvalue weighted by atomic mass is 9.88. The summed E-state index contributed by atoms with van der Waals surface area (Å²) in [6, 6.07) is 0.